The first-order valence-electron chi connectivity index (χ1n) is 13.4. The Balaban J connectivity index is 1.37. The third kappa shape index (κ3) is 3.74. The van der Waals surface area contributed by atoms with Crippen LogP contribution in [0.15, 0.2) is 35.9 Å². The van der Waals surface area contributed by atoms with Crippen molar-refractivity contribution in [2.24, 2.45) is 34.5 Å². The van der Waals surface area contributed by atoms with Crippen molar-refractivity contribution in [3.63, 3.8) is 0 Å². The lowest BCUT2D eigenvalue weighted by Crippen LogP contribution is -2.56. The first kappa shape index (κ1) is 23.6. The van der Waals surface area contributed by atoms with Gasteiger partial charge in [-0.1, -0.05) is 55.3 Å². The first-order valence-corrected chi connectivity index (χ1v) is 13.4. The molecule has 0 unspecified atom stereocenters. The molecule has 3 N–H and O–H groups in total. The molecule has 3 fully saturated rings. The van der Waals surface area contributed by atoms with Gasteiger partial charge in [0.25, 0.3) is 0 Å². The van der Waals surface area contributed by atoms with E-state index in [1.807, 2.05) is 6.92 Å². The molecule has 0 heterocycles. The van der Waals surface area contributed by atoms with E-state index in [9.17, 15) is 15.3 Å². The zero-order valence-electron chi connectivity index (χ0n) is 21.1. The van der Waals surface area contributed by atoms with Gasteiger partial charge >= 0.3 is 0 Å². The lowest BCUT2D eigenvalue weighted by Gasteiger charge is -2.59. The number of fused-ring (bicyclic) bond motifs is 5. The number of hydrogen-bond acceptors (Lipinski definition) is 3. The van der Waals surface area contributed by atoms with E-state index in [1.165, 1.54) is 17.6 Å². The molecule has 0 aliphatic heterocycles. The Labute approximate surface area is 200 Å². The summed E-state index contributed by atoms with van der Waals surface area (Å²) in [5, 5.41) is 33.3. The average Bonchev–Trinajstić information content (AvgIpc) is 3.14. The molecule has 0 aromatic heterocycles. The number of hydrogen-bond donors (Lipinski definition) is 3. The largest absolute Gasteiger partial charge is 0.393 e. The lowest BCUT2D eigenvalue weighted by atomic mass is 9.46. The van der Waals surface area contributed by atoms with Gasteiger partial charge in [-0.2, -0.15) is 0 Å². The maximum Gasteiger partial charge on any atom is 0.0914 e. The van der Waals surface area contributed by atoms with Gasteiger partial charge in [0.2, 0.25) is 0 Å². The Morgan fingerprint density at radius 3 is 2.48 bits per heavy atom. The molecule has 4 aliphatic rings. The summed E-state index contributed by atoms with van der Waals surface area (Å²) in [6, 6.07) is 8.32. The highest BCUT2D eigenvalue weighted by molar-refractivity contribution is 5.26. The SMILES string of the molecule is Cc1ccc(C[C@H](O)[C@](C)(O)[C@H]2CC[C@H]3[C@@H]4CC=C5C[C@@H](O)CC[C@]5(C)[C@H]4CC[C@]23C)cc1. The maximum atomic E-state index is 11.8. The van der Waals surface area contributed by atoms with E-state index >= 15 is 0 Å². The van der Waals surface area contributed by atoms with Gasteiger partial charge in [-0.25, -0.2) is 0 Å². The predicted octanol–water partition coefficient (Wildman–Crippen LogP) is 5.59. The second-order valence-electron chi connectivity index (χ2n) is 12.8. The van der Waals surface area contributed by atoms with Gasteiger partial charge in [0, 0.05) is 6.42 Å². The lowest BCUT2D eigenvalue weighted by molar-refractivity contribution is -0.148. The number of aliphatic hydroxyl groups is 3. The van der Waals surface area contributed by atoms with Gasteiger partial charge in [-0.05, 0) is 105 Å². The smallest absolute Gasteiger partial charge is 0.0914 e. The van der Waals surface area contributed by atoms with Crippen molar-refractivity contribution in [3.8, 4) is 0 Å². The minimum atomic E-state index is -1.09. The van der Waals surface area contributed by atoms with E-state index in [4.69, 9.17) is 0 Å². The van der Waals surface area contributed by atoms with Crippen LogP contribution in [0.3, 0.4) is 0 Å². The van der Waals surface area contributed by atoms with Crippen molar-refractivity contribution >= 4 is 0 Å². The molecule has 182 valence electrons. The number of aliphatic hydroxyl groups excluding tert-OH is 2. The summed E-state index contributed by atoms with van der Waals surface area (Å²) >= 11 is 0. The predicted molar refractivity (Wildman–Crippen MR) is 133 cm³/mol. The highest BCUT2D eigenvalue weighted by Gasteiger charge is 2.62. The molecule has 4 aliphatic carbocycles. The minimum absolute atomic E-state index is 0.0782. The summed E-state index contributed by atoms with van der Waals surface area (Å²) in [5.41, 5.74) is 3.06. The second kappa shape index (κ2) is 8.21. The molecule has 9 atom stereocenters. The Kier molecular flexibility index (Phi) is 5.86. The molecule has 1 aromatic rings. The Morgan fingerprint density at radius 1 is 1.03 bits per heavy atom. The molecule has 3 saturated carbocycles. The third-order valence-electron chi connectivity index (χ3n) is 11.0. The van der Waals surface area contributed by atoms with Crippen molar-refractivity contribution in [1.29, 1.82) is 0 Å². The van der Waals surface area contributed by atoms with Crippen molar-refractivity contribution < 1.29 is 15.3 Å². The molecular formula is C30H44O3. The topological polar surface area (TPSA) is 60.7 Å². The van der Waals surface area contributed by atoms with Crippen LogP contribution in [0, 0.1) is 41.4 Å². The van der Waals surface area contributed by atoms with Gasteiger partial charge < -0.3 is 15.3 Å². The van der Waals surface area contributed by atoms with Gasteiger partial charge in [-0.3, -0.25) is 0 Å². The van der Waals surface area contributed by atoms with E-state index in [1.54, 1.807) is 0 Å². The summed E-state index contributed by atoms with van der Waals surface area (Å²) in [4.78, 5) is 0. The number of benzene rings is 1. The van der Waals surface area contributed by atoms with E-state index in [-0.39, 0.29) is 22.9 Å². The quantitative estimate of drug-likeness (QED) is 0.522. The molecular weight excluding hydrogens is 408 g/mol. The number of rotatable bonds is 4. The molecule has 5 rings (SSSR count). The van der Waals surface area contributed by atoms with Crippen LogP contribution in [0.1, 0.15) is 83.3 Å². The molecule has 33 heavy (non-hydrogen) atoms. The van der Waals surface area contributed by atoms with Crippen LogP contribution in [-0.4, -0.2) is 33.1 Å². The van der Waals surface area contributed by atoms with E-state index in [0.717, 1.165) is 50.5 Å². The fourth-order valence-corrected chi connectivity index (χ4v) is 8.99. The fourth-order valence-electron chi connectivity index (χ4n) is 8.99. The summed E-state index contributed by atoms with van der Waals surface area (Å²) in [6.45, 7) is 8.87. The van der Waals surface area contributed by atoms with Gasteiger partial charge in [0.1, 0.15) is 0 Å². The Morgan fingerprint density at radius 2 is 1.76 bits per heavy atom. The van der Waals surface area contributed by atoms with Crippen LogP contribution in [0.2, 0.25) is 0 Å². The monoisotopic (exact) mass is 452 g/mol. The minimum Gasteiger partial charge on any atom is -0.393 e. The Bertz CT molecular complexity index is 902. The first-order chi connectivity index (χ1) is 15.6. The average molecular weight is 453 g/mol. The number of aryl methyl sites for hydroxylation is 1. The molecule has 1 aromatic carbocycles. The molecule has 3 heteroatoms. The molecule has 0 saturated heterocycles. The van der Waals surface area contributed by atoms with E-state index in [2.05, 4.69) is 51.1 Å². The molecule has 0 spiro atoms. The standard InChI is InChI=1S/C30H44O3/c1-19-5-7-20(8-6-19)17-27(32)30(4,33)26-12-11-24-23-10-9-21-18-22(31)13-15-28(21,2)25(23)14-16-29(24,26)3/h5-9,22-27,31-33H,10-18H2,1-4H3/t22-,23-,24-,25-,26-,27-,28-,29-,30+/m0/s1. The van der Waals surface area contributed by atoms with Crippen molar-refractivity contribution in [2.45, 2.75) is 103 Å². The van der Waals surface area contributed by atoms with Gasteiger partial charge in [-0.15, -0.1) is 0 Å². The third-order valence-corrected chi connectivity index (χ3v) is 11.0. The van der Waals surface area contributed by atoms with E-state index < -0.39 is 11.7 Å². The zero-order chi connectivity index (χ0) is 23.6. The highest BCUT2D eigenvalue weighted by atomic mass is 16.3. The van der Waals surface area contributed by atoms with Crippen molar-refractivity contribution in [3.05, 3.63) is 47.0 Å². The van der Waals surface area contributed by atoms with Crippen LogP contribution in [0.4, 0.5) is 0 Å². The molecule has 0 amide bonds. The van der Waals surface area contributed by atoms with Crippen LogP contribution in [0.25, 0.3) is 0 Å². The number of allylic oxidation sites excluding steroid dienone is 1. The van der Waals surface area contributed by atoms with Gasteiger partial charge in [0.05, 0.1) is 17.8 Å². The summed E-state index contributed by atoms with van der Waals surface area (Å²) < 4.78 is 0. The fraction of sp³-hybridized carbons (Fsp3) is 0.733. The summed E-state index contributed by atoms with van der Waals surface area (Å²) in [7, 11) is 0. The normalized spacial score (nSPS) is 43.0. The summed E-state index contributed by atoms with van der Waals surface area (Å²) in [5.74, 6) is 2.11. The van der Waals surface area contributed by atoms with E-state index in [0.29, 0.717) is 24.2 Å². The van der Waals surface area contributed by atoms with Crippen LogP contribution >= 0.6 is 0 Å². The molecule has 0 radical (unpaired) electrons. The zero-order valence-corrected chi connectivity index (χ0v) is 21.1. The Hall–Kier alpha value is -1.16. The van der Waals surface area contributed by atoms with Crippen molar-refractivity contribution in [2.75, 3.05) is 0 Å². The van der Waals surface area contributed by atoms with Crippen LogP contribution in [0.5, 0.6) is 0 Å². The summed E-state index contributed by atoms with van der Waals surface area (Å²) in [6.07, 6.45) is 10.6. The molecule has 3 nitrogen and oxygen atoms in total. The highest BCUT2D eigenvalue weighted by Crippen LogP contribution is 2.67. The van der Waals surface area contributed by atoms with Crippen LogP contribution in [-0.2, 0) is 6.42 Å². The molecule has 0 bridgehead atoms. The van der Waals surface area contributed by atoms with Crippen molar-refractivity contribution in [1.82, 2.24) is 0 Å². The van der Waals surface area contributed by atoms with Gasteiger partial charge in [0.15, 0.2) is 0 Å². The van der Waals surface area contributed by atoms with Crippen LogP contribution < -0.4 is 0 Å². The maximum absolute atomic E-state index is 11.8. The second-order valence-corrected chi connectivity index (χ2v) is 12.8.